The van der Waals surface area contributed by atoms with Gasteiger partial charge in [0, 0.05) is 5.69 Å². The van der Waals surface area contributed by atoms with Gasteiger partial charge >= 0.3 is 0 Å². The molecular weight excluding hydrogens is 370 g/mol. The summed E-state index contributed by atoms with van der Waals surface area (Å²) < 4.78 is 1.66. The fourth-order valence-corrected chi connectivity index (χ4v) is 3.44. The van der Waals surface area contributed by atoms with Gasteiger partial charge in [0.25, 0.3) is 0 Å². The summed E-state index contributed by atoms with van der Waals surface area (Å²) >= 11 is 1.31. The van der Waals surface area contributed by atoms with E-state index in [1.165, 1.54) is 28.5 Å². The van der Waals surface area contributed by atoms with Gasteiger partial charge in [0.1, 0.15) is 0 Å². The van der Waals surface area contributed by atoms with Crippen molar-refractivity contribution in [2.75, 3.05) is 11.1 Å². The van der Waals surface area contributed by atoms with Crippen molar-refractivity contribution >= 4 is 23.4 Å². The molecule has 146 valence electrons. The summed E-state index contributed by atoms with van der Waals surface area (Å²) in [6.07, 6.45) is 1.09. The highest BCUT2D eigenvalue weighted by atomic mass is 32.2. The van der Waals surface area contributed by atoms with Crippen LogP contribution >= 0.6 is 11.8 Å². The molecule has 0 radical (unpaired) electrons. The van der Waals surface area contributed by atoms with Crippen LogP contribution in [-0.4, -0.2) is 31.9 Å². The maximum absolute atomic E-state index is 12.3. The van der Waals surface area contributed by atoms with E-state index in [9.17, 15) is 4.79 Å². The highest BCUT2D eigenvalue weighted by Crippen LogP contribution is 2.22. The van der Waals surface area contributed by atoms with Crippen molar-refractivity contribution in [2.24, 2.45) is 0 Å². The first-order valence-corrected chi connectivity index (χ1v) is 10.3. The lowest BCUT2D eigenvalue weighted by Crippen LogP contribution is -2.14. The highest BCUT2D eigenvalue weighted by molar-refractivity contribution is 7.99. The number of aromatic nitrogens is 4. The summed E-state index contributed by atoms with van der Waals surface area (Å²) in [4.78, 5) is 12.3. The second-order valence-corrected chi connectivity index (χ2v) is 7.85. The van der Waals surface area contributed by atoms with E-state index in [2.05, 4.69) is 60.7 Å². The first-order chi connectivity index (χ1) is 13.5. The van der Waals surface area contributed by atoms with Crippen molar-refractivity contribution in [3.8, 4) is 5.69 Å². The van der Waals surface area contributed by atoms with Crippen LogP contribution in [0.1, 0.15) is 42.9 Å². The second-order valence-electron chi connectivity index (χ2n) is 6.91. The first-order valence-electron chi connectivity index (χ1n) is 9.36. The lowest BCUT2D eigenvalue weighted by molar-refractivity contribution is -0.113. The van der Waals surface area contributed by atoms with E-state index >= 15 is 0 Å². The molecule has 0 fully saturated rings. The van der Waals surface area contributed by atoms with Gasteiger partial charge < -0.3 is 5.32 Å². The smallest absolute Gasteiger partial charge is 0.234 e. The van der Waals surface area contributed by atoms with Gasteiger partial charge in [-0.05, 0) is 77.6 Å². The molecule has 1 amide bonds. The van der Waals surface area contributed by atoms with Crippen molar-refractivity contribution in [3.63, 3.8) is 0 Å². The molecule has 1 heterocycles. The van der Waals surface area contributed by atoms with Crippen LogP contribution in [-0.2, 0) is 4.79 Å². The van der Waals surface area contributed by atoms with Crippen LogP contribution in [0.25, 0.3) is 5.69 Å². The number of hydrogen-bond donors (Lipinski definition) is 1. The normalized spacial score (nSPS) is 12.0. The maximum atomic E-state index is 12.3. The Labute approximate surface area is 169 Å². The van der Waals surface area contributed by atoms with Crippen LogP contribution in [0.4, 0.5) is 5.69 Å². The minimum absolute atomic E-state index is 0.0871. The van der Waals surface area contributed by atoms with Gasteiger partial charge in [-0.2, -0.15) is 4.68 Å². The summed E-state index contributed by atoms with van der Waals surface area (Å²) in [6.45, 7) is 8.48. The Kier molecular flexibility index (Phi) is 6.46. The molecule has 1 N–H and O–H groups in total. The van der Waals surface area contributed by atoms with E-state index in [4.69, 9.17) is 0 Å². The topological polar surface area (TPSA) is 72.7 Å². The molecule has 0 saturated heterocycles. The maximum Gasteiger partial charge on any atom is 0.234 e. The molecule has 7 heteroatoms. The van der Waals surface area contributed by atoms with Crippen molar-refractivity contribution in [1.29, 1.82) is 0 Å². The monoisotopic (exact) mass is 395 g/mol. The van der Waals surface area contributed by atoms with Crippen LogP contribution in [0.5, 0.6) is 0 Å². The summed E-state index contributed by atoms with van der Waals surface area (Å²) in [5.74, 6) is 0.665. The summed E-state index contributed by atoms with van der Waals surface area (Å²) in [7, 11) is 0. The minimum atomic E-state index is -0.0871. The average Bonchev–Trinajstić information content (AvgIpc) is 3.17. The van der Waals surface area contributed by atoms with E-state index in [-0.39, 0.29) is 11.7 Å². The van der Waals surface area contributed by atoms with Crippen LogP contribution < -0.4 is 5.32 Å². The predicted octanol–water partition coefficient (Wildman–Crippen LogP) is 4.52. The molecule has 3 rings (SSSR count). The Hall–Kier alpha value is -2.67. The Morgan fingerprint density at radius 2 is 1.89 bits per heavy atom. The van der Waals surface area contributed by atoms with Gasteiger partial charge in [0.2, 0.25) is 11.1 Å². The molecule has 0 aliphatic heterocycles. The molecular formula is C21H25N5OS. The Balaban J connectivity index is 1.61. The third-order valence-electron chi connectivity index (χ3n) is 4.88. The third kappa shape index (κ3) is 4.78. The lowest BCUT2D eigenvalue weighted by Gasteiger charge is -2.10. The molecule has 0 unspecified atom stereocenters. The zero-order chi connectivity index (χ0) is 20.1. The highest BCUT2D eigenvalue weighted by Gasteiger charge is 2.12. The number of carbonyl (C=O) groups excluding carboxylic acids is 1. The standard InChI is InChI=1S/C21H25N5OS/c1-5-14(2)17-7-9-18(10-8-17)22-20(27)13-28-21-23-24-25-26(21)19-11-6-15(3)16(4)12-19/h6-12,14H,5,13H2,1-4H3,(H,22,27)/t14-/m0/s1. The number of nitrogens with zero attached hydrogens (tertiary/aromatic N) is 4. The molecule has 0 aliphatic rings. The number of hydrogen-bond acceptors (Lipinski definition) is 5. The van der Waals surface area contributed by atoms with Crippen LogP contribution in [0, 0.1) is 13.8 Å². The minimum Gasteiger partial charge on any atom is -0.325 e. The van der Waals surface area contributed by atoms with Crippen molar-refractivity contribution in [1.82, 2.24) is 20.2 Å². The van der Waals surface area contributed by atoms with Crippen molar-refractivity contribution in [2.45, 2.75) is 45.2 Å². The number of amides is 1. The molecule has 0 bridgehead atoms. The van der Waals surface area contributed by atoms with Crippen molar-refractivity contribution in [3.05, 3.63) is 59.2 Å². The van der Waals surface area contributed by atoms with E-state index in [0.29, 0.717) is 11.1 Å². The molecule has 0 spiro atoms. The van der Waals surface area contributed by atoms with E-state index in [1.54, 1.807) is 4.68 Å². The fraction of sp³-hybridized carbons (Fsp3) is 0.333. The number of rotatable bonds is 7. The fourth-order valence-electron chi connectivity index (χ4n) is 2.75. The summed E-state index contributed by atoms with van der Waals surface area (Å²) in [5.41, 5.74) is 5.35. The zero-order valence-electron chi connectivity index (χ0n) is 16.6. The number of anilines is 1. The number of tetrazole rings is 1. The second kappa shape index (κ2) is 9.01. The first kappa shape index (κ1) is 20.1. The number of thioether (sulfide) groups is 1. The van der Waals surface area contributed by atoms with Crippen LogP contribution in [0.3, 0.4) is 0 Å². The van der Waals surface area contributed by atoms with Gasteiger partial charge in [0.05, 0.1) is 11.4 Å². The van der Waals surface area contributed by atoms with Crippen molar-refractivity contribution < 1.29 is 4.79 Å². The molecule has 3 aromatic rings. The number of benzene rings is 2. The van der Waals surface area contributed by atoms with Gasteiger partial charge in [-0.3, -0.25) is 4.79 Å². The number of carbonyl (C=O) groups is 1. The van der Waals surface area contributed by atoms with E-state index in [0.717, 1.165) is 17.8 Å². The zero-order valence-corrected chi connectivity index (χ0v) is 17.5. The summed E-state index contributed by atoms with van der Waals surface area (Å²) in [6, 6.07) is 14.1. The van der Waals surface area contributed by atoms with Gasteiger partial charge in [-0.1, -0.05) is 43.8 Å². The van der Waals surface area contributed by atoms with E-state index < -0.39 is 0 Å². The Morgan fingerprint density at radius 3 is 2.57 bits per heavy atom. The molecule has 2 aromatic carbocycles. The molecule has 6 nitrogen and oxygen atoms in total. The number of nitrogens with one attached hydrogen (secondary N) is 1. The average molecular weight is 396 g/mol. The largest absolute Gasteiger partial charge is 0.325 e. The molecule has 1 aromatic heterocycles. The van der Waals surface area contributed by atoms with Gasteiger partial charge in [-0.15, -0.1) is 5.10 Å². The van der Waals surface area contributed by atoms with Crippen LogP contribution in [0.2, 0.25) is 0 Å². The third-order valence-corrected chi connectivity index (χ3v) is 5.80. The van der Waals surface area contributed by atoms with Gasteiger partial charge in [0.15, 0.2) is 0 Å². The lowest BCUT2D eigenvalue weighted by atomic mass is 9.99. The van der Waals surface area contributed by atoms with E-state index in [1.807, 2.05) is 30.3 Å². The molecule has 0 saturated carbocycles. The SMILES string of the molecule is CC[C@H](C)c1ccc(NC(=O)CSc2nnnn2-c2ccc(C)c(C)c2)cc1. The quantitative estimate of drug-likeness (QED) is 0.595. The Bertz CT molecular complexity index is 952. The van der Waals surface area contributed by atoms with Crippen LogP contribution in [0.15, 0.2) is 47.6 Å². The molecule has 0 aliphatic carbocycles. The molecule has 1 atom stereocenters. The number of aryl methyl sites for hydroxylation is 2. The summed E-state index contributed by atoms with van der Waals surface area (Å²) in [5, 5.41) is 15.4. The molecule has 28 heavy (non-hydrogen) atoms. The van der Waals surface area contributed by atoms with Gasteiger partial charge in [-0.25, -0.2) is 0 Å². The predicted molar refractivity (Wildman–Crippen MR) is 113 cm³/mol. The Morgan fingerprint density at radius 1 is 1.14 bits per heavy atom.